The highest BCUT2D eigenvalue weighted by Gasteiger charge is 2.46. The monoisotopic (exact) mass is 553 g/mol. The molecule has 3 atom stereocenters. The van der Waals surface area contributed by atoms with Crippen LogP contribution in [0.25, 0.3) is 10.8 Å². The van der Waals surface area contributed by atoms with Gasteiger partial charge < -0.3 is 9.84 Å². The molecule has 3 aliphatic rings. The Hall–Kier alpha value is -2.42. The number of rotatable bonds is 7. The quantitative estimate of drug-likeness (QED) is 0.351. The van der Waals surface area contributed by atoms with Crippen LogP contribution in [0.4, 0.5) is 22.0 Å². The van der Waals surface area contributed by atoms with Crippen LogP contribution in [-0.2, 0) is 11.0 Å². The standard InChI is InChI=1S/C30H36F5NO3/c1-3-25(36-21-8-9-22(36)16-19(15-21)28(37)38)18-4-12-24-17(14-18)5-13-26(27(24)30(33,34)35)39-23-10-6-20(7-11-23)29(2,31)32/h4-5,12-14,19-23,25H,3,6-11,15-16H2,1-2H3,(H,37,38). The number of alkyl halides is 5. The van der Waals surface area contributed by atoms with Crippen LogP contribution in [0.1, 0.15) is 88.8 Å². The fraction of sp³-hybridized carbons (Fsp3) is 0.633. The molecule has 0 spiro atoms. The lowest BCUT2D eigenvalue weighted by Gasteiger charge is -2.42. The van der Waals surface area contributed by atoms with E-state index in [1.165, 1.54) is 12.1 Å². The summed E-state index contributed by atoms with van der Waals surface area (Å²) >= 11 is 0. The molecule has 9 heteroatoms. The van der Waals surface area contributed by atoms with Crippen LogP contribution in [-0.4, -0.2) is 40.1 Å². The van der Waals surface area contributed by atoms with E-state index in [9.17, 15) is 31.9 Å². The van der Waals surface area contributed by atoms with Gasteiger partial charge in [0.25, 0.3) is 0 Å². The molecule has 214 valence electrons. The van der Waals surface area contributed by atoms with Gasteiger partial charge in [-0.2, -0.15) is 13.2 Å². The Labute approximate surface area is 225 Å². The minimum absolute atomic E-state index is 0.00112. The third kappa shape index (κ3) is 5.61. The van der Waals surface area contributed by atoms with Crippen molar-refractivity contribution in [3.63, 3.8) is 0 Å². The van der Waals surface area contributed by atoms with Gasteiger partial charge in [0.2, 0.25) is 5.92 Å². The number of benzene rings is 2. The average Bonchev–Trinajstić information content (AvgIpc) is 3.11. The highest BCUT2D eigenvalue weighted by atomic mass is 19.4. The van der Waals surface area contributed by atoms with Gasteiger partial charge in [-0.3, -0.25) is 9.69 Å². The van der Waals surface area contributed by atoms with Crippen molar-refractivity contribution < 1.29 is 36.6 Å². The van der Waals surface area contributed by atoms with E-state index < -0.39 is 35.7 Å². The van der Waals surface area contributed by atoms with Gasteiger partial charge in [0.1, 0.15) is 11.3 Å². The molecule has 2 aliphatic heterocycles. The maximum Gasteiger partial charge on any atom is 0.420 e. The minimum Gasteiger partial charge on any atom is -0.490 e. The van der Waals surface area contributed by atoms with Crippen LogP contribution in [0.15, 0.2) is 30.3 Å². The molecule has 39 heavy (non-hydrogen) atoms. The number of halogens is 5. The second kappa shape index (κ2) is 10.5. The Kier molecular flexibility index (Phi) is 7.59. The number of carboxylic acids is 1. The first kappa shape index (κ1) is 28.1. The van der Waals surface area contributed by atoms with Crippen molar-refractivity contribution in [3.8, 4) is 5.75 Å². The molecule has 2 bridgehead atoms. The summed E-state index contributed by atoms with van der Waals surface area (Å²) in [4.78, 5) is 14.0. The van der Waals surface area contributed by atoms with Gasteiger partial charge in [-0.1, -0.05) is 25.1 Å². The van der Waals surface area contributed by atoms with Crippen LogP contribution in [0.2, 0.25) is 0 Å². The number of aliphatic carboxylic acids is 1. The number of nitrogens with zero attached hydrogens (tertiary/aromatic N) is 1. The molecular formula is C30H36F5NO3. The molecule has 3 fully saturated rings. The molecular weight excluding hydrogens is 517 g/mol. The van der Waals surface area contributed by atoms with Crippen molar-refractivity contribution in [3.05, 3.63) is 41.5 Å². The number of hydrogen-bond donors (Lipinski definition) is 1. The second-order valence-corrected chi connectivity index (χ2v) is 11.7. The lowest BCUT2D eigenvalue weighted by molar-refractivity contribution is -0.145. The number of ether oxygens (including phenoxy) is 1. The maximum absolute atomic E-state index is 14.3. The molecule has 2 heterocycles. The zero-order valence-electron chi connectivity index (χ0n) is 22.3. The van der Waals surface area contributed by atoms with Crippen molar-refractivity contribution in [1.82, 2.24) is 4.90 Å². The summed E-state index contributed by atoms with van der Waals surface area (Å²) in [7, 11) is 0. The topological polar surface area (TPSA) is 49.8 Å². The van der Waals surface area contributed by atoms with E-state index in [0.29, 0.717) is 31.1 Å². The van der Waals surface area contributed by atoms with Gasteiger partial charge in [-0.25, -0.2) is 8.78 Å². The number of piperidine rings is 1. The zero-order valence-corrected chi connectivity index (χ0v) is 22.3. The van der Waals surface area contributed by atoms with E-state index in [1.807, 2.05) is 6.07 Å². The lowest BCUT2D eigenvalue weighted by Crippen LogP contribution is -2.46. The van der Waals surface area contributed by atoms with Gasteiger partial charge in [0.15, 0.2) is 0 Å². The molecule has 4 nitrogen and oxygen atoms in total. The van der Waals surface area contributed by atoms with Crippen molar-refractivity contribution in [2.24, 2.45) is 11.8 Å². The zero-order chi connectivity index (χ0) is 28.1. The average molecular weight is 554 g/mol. The molecule has 1 aliphatic carbocycles. The first-order valence-corrected chi connectivity index (χ1v) is 14.0. The molecule has 5 rings (SSSR count). The van der Waals surface area contributed by atoms with Gasteiger partial charge in [-0.15, -0.1) is 0 Å². The van der Waals surface area contributed by atoms with Crippen molar-refractivity contribution in [2.45, 2.75) is 108 Å². The Balaban J connectivity index is 1.41. The van der Waals surface area contributed by atoms with E-state index in [-0.39, 0.29) is 48.0 Å². The van der Waals surface area contributed by atoms with Crippen molar-refractivity contribution in [1.29, 1.82) is 0 Å². The number of carboxylic acid groups (broad SMARTS) is 1. The Morgan fingerprint density at radius 1 is 1.00 bits per heavy atom. The summed E-state index contributed by atoms with van der Waals surface area (Å²) in [5.41, 5.74) is 0.0983. The predicted octanol–water partition coefficient (Wildman–Crippen LogP) is 8.23. The van der Waals surface area contributed by atoms with Crippen molar-refractivity contribution >= 4 is 16.7 Å². The van der Waals surface area contributed by atoms with E-state index in [1.54, 1.807) is 12.1 Å². The van der Waals surface area contributed by atoms with Gasteiger partial charge in [-0.05, 0) is 93.2 Å². The first-order chi connectivity index (χ1) is 18.4. The highest BCUT2D eigenvalue weighted by Crippen LogP contribution is 2.47. The third-order valence-corrected chi connectivity index (χ3v) is 9.24. The van der Waals surface area contributed by atoms with Crippen LogP contribution in [0, 0.1) is 11.8 Å². The van der Waals surface area contributed by atoms with Crippen LogP contribution in [0.5, 0.6) is 5.75 Å². The SMILES string of the molecule is CCC(c1ccc2c(C(F)(F)F)c(OC3CCC(C(C)(F)F)CC3)ccc2c1)N1C2CCC1CC(C(=O)O)C2. The predicted molar refractivity (Wildman–Crippen MR) is 138 cm³/mol. The molecule has 0 aromatic heterocycles. The molecule has 2 saturated heterocycles. The van der Waals surface area contributed by atoms with Crippen molar-refractivity contribution in [2.75, 3.05) is 0 Å². The second-order valence-electron chi connectivity index (χ2n) is 11.7. The normalized spacial score (nSPS) is 28.9. The highest BCUT2D eigenvalue weighted by molar-refractivity contribution is 5.89. The lowest BCUT2D eigenvalue weighted by atomic mass is 9.83. The maximum atomic E-state index is 14.3. The van der Waals surface area contributed by atoms with Crippen LogP contribution in [0.3, 0.4) is 0 Å². The number of fused-ring (bicyclic) bond motifs is 3. The summed E-state index contributed by atoms with van der Waals surface area (Å²) in [6, 6.07) is 8.42. The van der Waals surface area contributed by atoms with E-state index in [4.69, 9.17) is 4.74 Å². The molecule has 2 aromatic carbocycles. The molecule has 1 N–H and O–H groups in total. The Morgan fingerprint density at radius 3 is 2.18 bits per heavy atom. The third-order valence-electron chi connectivity index (χ3n) is 9.24. The van der Waals surface area contributed by atoms with E-state index in [0.717, 1.165) is 31.7 Å². The van der Waals surface area contributed by atoms with Crippen LogP contribution < -0.4 is 4.74 Å². The Morgan fingerprint density at radius 2 is 1.64 bits per heavy atom. The van der Waals surface area contributed by atoms with E-state index in [2.05, 4.69) is 11.8 Å². The fourth-order valence-electron chi connectivity index (χ4n) is 7.34. The molecule has 0 radical (unpaired) electrons. The molecule has 3 unspecified atom stereocenters. The molecule has 2 aromatic rings. The summed E-state index contributed by atoms with van der Waals surface area (Å²) in [5.74, 6) is -4.92. The smallest absolute Gasteiger partial charge is 0.420 e. The van der Waals surface area contributed by atoms with Crippen LogP contribution >= 0.6 is 0 Å². The van der Waals surface area contributed by atoms with Gasteiger partial charge in [0.05, 0.1) is 12.0 Å². The van der Waals surface area contributed by atoms with E-state index >= 15 is 0 Å². The summed E-state index contributed by atoms with van der Waals surface area (Å²) in [6.07, 6.45) is -0.301. The summed E-state index contributed by atoms with van der Waals surface area (Å²) in [6.45, 7) is 2.95. The van der Waals surface area contributed by atoms with Gasteiger partial charge >= 0.3 is 12.1 Å². The largest absolute Gasteiger partial charge is 0.490 e. The molecule has 0 amide bonds. The first-order valence-electron chi connectivity index (χ1n) is 14.0. The number of hydrogen-bond acceptors (Lipinski definition) is 3. The minimum atomic E-state index is -4.65. The summed E-state index contributed by atoms with van der Waals surface area (Å²) in [5, 5.41) is 10.1. The summed E-state index contributed by atoms with van der Waals surface area (Å²) < 4.78 is 76.2. The molecule has 1 saturated carbocycles. The fourth-order valence-corrected chi connectivity index (χ4v) is 7.34. The number of carbonyl (C=O) groups is 1. The Bertz CT molecular complexity index is 1190. The van der Waals surface area contributed by atoms with Gasteiger partial charge in [0, 0.05) is 24.0 Å².